The molecule has 0 unspecified atom stereocenters. The average Bonchev–Trinajstić information content (AvgIpc) is 3.02. The normalized spacial score (nSPS) is 11.8. The van der Waals surface area contributed by atoms with E-state index in [0.717, 1.165) is 56.3 Å². The van der Waals surface area contributed by atoms with Crippen LogP contribution in [0.15, 0.2) is 12.2 Å². The van der Waals surface area contributed by atoms with Crippen LogP contribution in [0.1, 0.15) is 193 Å². The number of nitrogens with zero attached hydrogens (tertiary/aromatic N) is 1. The molecular weight excluding hydrogens is 578 g/mol. The summed E-state index contributed by atoms with van der Waals surface area (Å²) in [6, 6.07) is 0. The average molecular weight is 653 g/mol. The Morgan fingerprint density at radius 1 is 0.391 bits per heavy atom. The highest BCUT2D eigenvalue weighted by Gasteiger charge is 2.26. The molecule has 46 heavy (non-hydrogen) atoms. The lowest BCUT2D eigenvalue weighted by molar-refractivity contribution is -0.929. The van der Waals surface area contributed by atoms with Gasteiger partial charge < -0.3 is 19.8 Å². The predicted molar refractivity (Wildman–Crippen MR) is 191 cm³/mol. The summed E-state index contributed by atoms with van der Waals surface area (Å²) in [6.07, 6.45) is 36.2. The third-order valence-corrected chi connectivity index (χ3v) is 9.46. The zero-order valence-electron chi connectivity index (χ0n) is 30.0. The molecule has 0 fully saturated rings. The van der Waals surface area contributed by atoms with Gasteiger partial charge in [-0.05, 0) is 77.0 Å². The zero-order chi connectivity index (χ0) is 34.0. The van der Waals surface area contributed by atoms with Crippen LogP contribution in [0, 0.1) is 0 Å². The van der Waals surface area contributed by atoms with Crippen molar-refractivity contribution in [2.45, 2.75) is 193 Å². The molecule has 0 saturated carbocycles. The van der Waals surface area contributed by atoms with Crippen molar-refractivity contribution >= 4 is 17.9 Å². The summed E-state index contributed by atoms with van der Waals surface area (Å²) in [5, 5.41) is 27.2. The number of unbranched alkanes of at least 4 members (excludes halogenated alkanes) is 21. The number of aliphatic carboxylic acids is 3. The number of hydrogen-bond acceptors (Lipinski definition) is 3. The van der Waals surface area contributed by atoms with Crippen LogP contribution >= 0.6 is 0 Å². The van der Waals surface area contributed by atoms with Crippen LogP contribution in [0.3, 0.4) is 0 Å². The Hall–Kier alpha value is -1.89. The fourth-order valence-corrected chi connectivity index (χ4v) is 6.60. The summed E-state index contributed by atoms with van der Waals surface area (Å²) in [5.74, 6) is -2.30. The number of rotatable bonds is 37. The number of hydrogen-bond donors (Lipinski definition) is 3. The second-order valence-corrected chi connectivity index (χ2v) is 13.8. The topological polar surface area (TPSA) is 112 Å². The number of carboxylic acid groups (broad SMARTS) is 3. The Bertz CT molecular complexity index is 698. The number of carbonyl (C=O) groups is 3. The molecule has 0 heterocycles. The second-order valence-electron chi connectivity index (χ2n) is 13.8. The van der Waals surface area contributed by atoms with Gasteiger partial charge >= 0.3 is 17.9 Å². The minimum absolute atomic E-state index is 0.174. The second kappa shape index (κ2) is 33.0. The maximum absolute atomic E-state index is 11.0. The van der Waals surface area contributed by atoms with E-state index in [4.69, 9.17) is 15.3 Å². The van der Waals surface area contributed by atoms with Gasteiger partial charge in [0.25, 0.3) is 0 Å². The molecule has 0 aromatic rings. The van der Waals surface area contributed by atoms with E-state index in [1.165, 1.54) is 122 Å². The maximum atomic E-state index is 11.0. The minimum Gasteiger partial charge on any atom is -0.481 e. The van der Waals surface area contributed by atoms with Crippen molar-refractivity contribution in [1.29, 1.82) is 0 Å². The molecule has 3 N–H and O–H groups in total. The van der Waals surface area contributed by atoms with Crippen molar-refractivity contribution in [3.05, 3.63) is 12.2 Å². The van der Waals surface area contributed by atoms with Crippen molar-refractivity contribution in [2.75, 3.05) is 26.2 Å². The van der Waals surface area contributed by atoms with Crippen molar-refractivity contribution < 1.29 is 34.2 Å². The first-order chi connectivity index (χ1) is 22.3. The molecule has 0 aromatic carbocycles. The molecule has 0 atom stereocenters. The van der Waals surface area contributed by atoms with E-state index in [-0.39, 0.29) is 19.3 Å². The highest BCUT2D eigenvalue weighted by atomic mass is 16.4. The summed E-state index contributed by atoms with van der Waals surface area (Å²) in [4.78, 5) is 33.1. The van der Waals surface area contributed by atoms with Gasteiger partial charge in [-0.1, -0.05) is 109 Å². The van der Waals surface area contributed by atoms with Crippen LogP contribution in [0.2, 0.25) is 0 Å². The Morgan fingerprint density at radius 2 is 0.652 bits per heavy atom. The smallest absolute Gasteiger partial charge is 0.303 e. The fraction of sp³-hybridized carbons (Fsp3) is 0.872. The fourth-order valence-electron chi connectivity index (χ4n) is 6.60. The largest absolute Gasteiger partial charge is 0.481 e. The summed E-state index contributed by atoms with van der Waals surface area (Å²) in [7, 11) is 0. The van der Waals surface area contributed by atoms with E-state index in [2.05, 4.69) is 19.1 Å². The van der Waals surface area contributed by atoms with Crippen LogP contribution < -0.4 is 0 Å². The molecule has 0 aliphatic carbocycles. The summed E-state index contributed by atoms with van der Waals surface area (Å²) >= 11 is 0. The molecule has 0 aromatic heterocycles. The van der Waals surface area contributed by atoms with E-state index in [1.807, 2.05) is 0 Å². The highest BCUT2D eigenvalue weighted by Crippen LogP contribution is 2.20. The first-order valence-electron chi connectivity index (χ1n) is 19.5. The summed E-state index contributed by atoms with van der Waals surface area (Å²) < 4.78 is 0.865. The number of quaternary nitrogens is 1. The van der Waals surface area contributed by atoms with Gasteiger partial charge in [0.05, 0.1) is 26.2 Å². The lowest BCUT2D eigenvalue weighted by Gasteiger charge is -2.39. The van der Waals surface area contributed by atoms with Crippen LogP contribution in [0.25, 0.3) is 0 Å². The van der Waals surface area contributed by atoms with Gasteiger partial charge in [0.2, 0.25) is 0 Å². The lowest BCUT2D eigenvalue weighted by atomic mass is 10.0. The van der Waals surface area contributed by atoms with Gasteiger partial charge in [-0.25, -0.2) is 0 Å². The van der Waals surface area contributed by atoms with E-state index in [0.29, 0.717) is 19.3 Å². The van der Waals surface area contributed by atoms with E-state index in [1.54, 1.807) is 0 Å². The molecule has 7 heteroatoms. The zero-order valence-corrected chi connectivity index (χ0v) is 30.0. The molecule has 0 amide bonds. The van der Waals surface area contributed by atoms with Crippen LogP contribution in [0.5, 0.6) is 0 Å². The Morgan fingerprint density at radius 3 is 0.957 bits per heavy atom. The molecule has 0 aliphatic heterocycles. The predicted octanol–water partition coefficient (Wildman–Crippen LogP) is 10.9. The summed E-state index contributed by atoms with van der Waals surface area (Å²) in [5.41, 5.74) is 0. The van der Waals surface area contributed by atoms with Crippen molar-refractivity contribution in [3.8, 4) is 0 Å². The van der Waals surface area contributed by atoms with Gasteiger partial charge in [-0.3, -0.25) is 14.4 Å². The van der Waals surface area contributed by atoms with E-state index in [9.17, 15) is 14.4 Å². The molecule has 0 radical (unpaired) electrons. The summed E-state index contributed by atoms with van der Waals surface area (Å²) in [6.45, 7) is 5.96. The lowest BCUT2D eigenvalue weighted by Crippen LogP contribution is -2.51. The van der Waals surface area contributed by atoms with Crippen LogP contribution in [-0.4, -0.2) is 63.9 Å². The van der Waals surface area contributed by atoms with Crippen molar-refractivity contribution in [1.82, 2.24) is 0 Å². The molecular formula is C39H74NO6+. The third-order valence-electron chi connectivity index (χ3n) is 9.46. The highest BCUT2D eigenvalue weighted by molar-refractivity contribution is 5.67. The van der Waals surface area contributed by atoms with Gasteiger partial charge in [-0.2, -0.15) is 0 Å². The standard InChI is InChI=1S/C39H73NO6/c1-2-3-4-5-6-7-8-9-10-11-12-13-14-15-16-17-18-19-20-21-22-26-33-40(34-27-23-30-37(41)42,35-28-24-31-38(43)44)36-29-25-32-39(45)46/h14-15H,2-13,16-36H2,1H3,(H2-,41,42,43,44,45,46)/p+1/b15-14+. The molecule has 0 rings (SSSR count). The quantitative estimate of drug-likeness (QED) is 0.0350. The minimum atomic E-state index is -0.767. The van der Waals surface area contributed by atoms with E-state index >= 15 is 0 Å². The van der Waals surface area contributed by atoms with Gasteiger partial charge in [-0.15, -0.1) is 0 Å². The van der Waals surface area contributed by atoms with Crippen LogP contribution in [-0.2, 0) is 14.4 Å². The maximum Gasteiger partial charge on any atom is 0.303 e. The molecule has 0 aliphatic rings. The van der Waals surface area contributed by atoms with E-state index < -0.39 is 17.9 Å². The molecule has 270 valence electrons. The Labute approximate surface area is 283 Å². The van der Waals surface area contributed by atoms with Gasteiger partial charge in [0, 0.05) is 19.3 Å². The third kappa shape index (κ3) is 32.1. The molecule has 0 spiro atoms. The molecule has 0 bridgehead atoms. The van der Waals surface area contributed by atoms with Crippen molar-refractivity contribution in [3.63, 3.8) is 0 Å². The monoisotopic (exact) mass is 653 g/mol. The number of allylic oxidation sites excluding steroid dienone is 2. The Kier molecular flexibility index (Phi) is 31.7. The van der Waals surface area contributed by atoms with Crippen LogP contribution in [0.4, 0.5) is 0 Å². The number of carboxylic acids is 3. The SMILES string of the molecule is CCCCCCCCCCCCC/C=C/CCCCCCCCC[N+](CCCCC(=O)O)(CCCCC(=O)O)CCCCC(=O)O. The first kappa shape index (κ1) is 44.1. The molecule has 7 nitrogen and oxygen atoms in total. The van der Waals surface area contributed by atoms with Gasteiger partial charge in [0.15, 0.2) is 0 Å². The first-order valence-corrected chi connectivity index (χ1v) is 19.5. The molecule has 0 saturated heterocycles. The van der Waals surface area contributed by atoms with Gasteiger partial charge in [0.1, 0.15) is 0 Å². The Balaban J connectivity index is 4.18. The van der Waals surface area contributed by atoms with Crippen molar-refractivity contribution in [2.24, 2.45) is 0 Å².